The zero-order valence-electron chi connectivity index (χ0n) is 15.3. The Balaban J connectivity index is 1.45. The van der Waals surface area contributed by atoms with Crippen molar-refractivity contribution in [2.24, 2.45) is 15.3 Å². The summed E-state index contributed by atoms with van der Waals surface area (Å²) in [5.41, 5.74) is 7.98. The predicted octanol–water partition coefficient (Wildman–Crippen LogP) is 6.86. The molecule has 0 unspecified atom stereocenters. The quantitative estimate of drug-likeness (QED) is 0.285. The molecule has 28 heavy (non-hydrogen) atoms. The number of aromatic nitrogens is 1. The van der Waals surface area contributed by atoms with E-state index in [1.165, 1.54) is 16.9 Å². The van der Waals surface area contributed by atoms with Crippen LogP contribution in [0.5, 0.6) is 0 Å². The molecule has 3 aromatic rings. The third kappa shape index (κ3) is 4.18. The normalized spacial score (nSPS) is 14.1. The Bertz CT molecular complexity index is 1070. The number of nitrogens with one attached hydrogen (secondary N) is 1. The van der Waals surface area contributed by atoms with E-state index in [-0.39, 0.29) is 0 Å². The standard InChI is InChI=1S/C21H18ClN5S/c1-14-20(26-25-17-8-3-2-4-9-17)28-21(24-14)27-23-13-16-12-11-15-7-5-6-10-18(15)19(16)22/h2-10,13H,11-12H2,1H3,(H,24,27)/b23-13+,26-25?. The number of hydrogen-bond acceptors (Lipinski definition) is 6. The van der Waals surface area contributed by atoms with Crippen LogP contribution >= 0.6 is 22.9 Å². The number of nitrogens with zero attached hydrogens (tertiary/aromatic N) is 4. The second-order valence-corrected chi connectivity index (χ2v) is 7.67. The largest absolute Gasteiger partial charge is 0.253 e. The molecule has 140 valence electrons. The van der Waals surface area contributed by atoms with E-state index in [1.807, 2.05) is 55.5 Å². The molecule has 5 nitrogen and oxygen atoms in total. The maximum absolute atomic E-state index is 6.54. The molecule has 0 fully saturated rings. The average molecular weight is 408 g/mol. The summed E-state index contributed by atoms with van der Waals surface area (Å²) >= 11 is 7.95. The number of hydrogen-bond donors (Lipinski definition) is 1. The van der Waals surface area contributed by atoms with Crippen molar-refractivity contribution in [1.29, 1.82) is 0 Å². The van der Waals surface area contributed by atoms with E-state index in [0.29, 0.717) is 5.13 Å². The Morgan fingerprint density at radius 1 is 1.04 bits per heavy atom. The van der Waals surface area contributed by atoms with Crippen LogP contribution in [0.3, 0.4) is 0 Å². The minimum Gasteiger partial charge on any atom is -0.253 e. The zero-order chi connectivity index (χ0) is 19.3. The van der Waals surface area contributed by atoms with Crippen molar-refractivity contribution in [3.05, 3.63) is 77.0 Å². The maximum atomic E-state index is 6.54. The molecular formula is C21H18ClN5S. The number of hydrazone groups is 1. The van der Waals surface area contributed by atoms with E-state index in [1.54, 1.807) is 6.21 Å². The van der Waals surface area contributed by atoms with Gasteiger partial charge in [0.05, 0.1) is 22.6 Å². The number of halogens is 1. The lowest BCUT2D eigenvalue weighted by Crippen LogP contribution is -2.04. The molecule has 0 amide bonds. The topological polar surface area (TPSA) is 62.0 Å². The lowest BCUT2D eigenvalue weighted by Gasteiger charge is -2.17. The Morgan fingerprint density at radius 2 is 1.82 bits per heavy atom. The van der Waals surface area contributed by atoms with Gasteiger partial charge in [-0.1, -0.05) is 65.4 Å². The molecule has 0 radical (unpaired) electrons. The molecule has 0 bridgehead atoms. The minimum atomic E-state index is 0.670. The molecule has 0 aliphatic heterocycles. The molecule has 1 aliphatic carbocycles. The van der Waals surface area contributed by atoms with E-state index in [9.17, 15) is 0 Å². The van der Waals surface area contributed by atoms with E-state index in [0.717, 1.165) is 45.4 Å². The Morgan fingerprint density at radius 3 is 2.68 bits per heavy atom. The smallest absolute Gasteiger partial charge is 0.205 e. The molecule has 0 spiro atoms. The number of benzene rings is 2. The highest BCUT2D eigenvalue weighted by Gasteiger charge is 2.15. The van der Waals surface area contributed by atoms with E-state index < -0.39 is 0 Å². The zero-order valence-corrected chi connectivity index (χ0v) is 16.8. The van der Waals surface area contributed by atoms with Gasteiger partial charge in [-0.2, -0.15) is 5.10 Å². The number of anilines is 1. The summed E-state index contributed by atoms with van der Waals surface area (Å²) in [6, 6.07) is 17.8. The Labute approximate surface area is 172 Å². The van der Waals surface area contributed by atoms with Crippen molar-refractivity contribution in [2.75, 3.05) is 5.43 Å². The molecule has 0 saturated carbocycles. The van der Waals surface area contributed by atoms with Crippen molar-refractivity contribution in [2.45, 2.75) is 19.8 Å². The molecule has 7 heteroatoms. The van der Waals surface area contributed by atoms with Crippen LogP contribution in [0.15, 0.2) is 75.5 Å². The average Bonchev–Trinajstić information content (AvgIpc) is 3.08. The third-order valence-corrected chi connectivity index (χ3v) is 5.76. The second kappa shape index (κ2) is 8.46. The predicted molar refractivity (Wildman–Crippen MR) is 117 cm³/mol. The highest BCUT2D eigenvalue weighted by molar-refractivity contribution is 7.19. The van der Waals surface area contributed by atoms with Crippen LogP contribution in [0.2, 0.25) is 0 Å². The lowest BCUT2D eigenvalue weighted by atomic mass is 9.92. The lowest BCUT2D eigenvalue weighted by molar-refractivity contribution is 0.960. The summed E-state index contributed by atoms with van der Waals surface area (Å²) in [6.07, 6.45) is 3.61. The van der Waals surface area contributed by atoms with Gasteiger partial charge in [0.15, 0.2) is 5.00 Å². The van der Waals surface area contributed by atoms with Crippen LogP contribution < -0.4 is 5.43 Å². The molecule has 1 N–H and O–H groups in total. The van der Waals surface area contributed by atoms with Crippen molar-refractivity contribution >= 4 is 50.0 Å². The molecule has 0 atom stereocenters. The molecule has 1 aromatic heterocycles. The van der Waals surface area contributed by atoms with Gasteiger partial charge in [-0.25, -0.2) is 4.98 Å². The summed E-state index contributed by atoms with van der Waals surface area (Å²) in [7, 11) is 0. The van der Waals surface area contributed by atoms with Gasteiger partial charge in [-0.15, -0.1) is 10.2 Å². The van der Waals surface area contributed by atoms with Gasteiger partial charge in [0.2, 0.25) is 5.13 Å². The highest BCUT2D eigenvalue weighted by atomic mass is 35.5. The molecule has 1 aliphatic rings. The van der Waals surface area contributed by atoms with Crippen LogP contribution in [-0.4, -0.2) is 11.2 Å². The SMILES string of the molecule is Cc1nc(N/N=C/C2=C(Cl)c3ccccc3CC2)sc1N=Nc1ccccc1. The van der Waals surface area contributed by atoms with Gasteiger partial charge in [-0.05, 0) is 48.6 Å². The van der Waals surface area contributed by atoms with Gasteiger partial charge in [-0.3, -0.25) is 5.43 Å². The number of thiazole rings is 1. The summed E-state index contributed by atoms with van der Waals surface area (Å²) in [5.74, 6) is 0. The Hall–Kier alpha value is -2.83. The van der Waals surface area contributed by atoms with E-state index in [2.05, 4.69) is 31.8 Å². The number of fused-ring (bicyclic) bond motifs is 1. The fraction of sp³-hybridized carbons (Fsp3) is 0.143. The van der Waals surface area contributed by atoms with E-state index >= 15 is 0 Å². The van der Waals surface area contributed by atoms with Crippen molar-refractivity contribution < 1.29 is 0 Å². The van der Waals surface area contributed by atoms with Crippen LogP contribution in [0, 0.1) is 6.92 Å². The van der Waals surface area contributed by atoms with Crippen LogP contribution in [0.25, 0.3) is 5.03 Å². The summed E-state index contributed by atoms with van der Waals surface area (Å²) in [4.78, 5) is 4.45. The highest BCUT2D eigenvalue weighted by Crippen LogP contribution is 2.34. The third-order valence-electron chi connectivity index (χ3n) is 4.36. The number of azo groups is 1. The van der Waals surface area contributed by atoms with Crippen molar-refractivity contribution in [3.8, 4) is 0 Å². The van der Waals surface area contributed by atoms with Crippen molar-refractivity contribution in [3.63, 3.8) is 0 Å². The summed E-state index contributed by atoms with van der Waals surface area (Å²) in [6.45, 7) is 1.90. The first-order valence-electron chi connectivity index (χ1n) is 8.91. The number of rotatable bonds is 5. The van der Waals surface area contributed by atoms with Gasteiger partial charge in [0.25, 0.3) is 0 Å². The first-order valence-corrected chi connectivity index (χ1v) is 10.1. The molecule has 4 rings (SSSR count). The van der Waals surface area contributed by atoms with Crippen molar-refractivity contribution in [1.82, 2.24) is 4.98 Å². The van der Waals surface area contributed by atoms with Crippen LogP contribution in [0.4, 0.5) is 15.8 Å². The minimum absolute atomic E-state index is 0.670. The van der Waals surface area contributed by atoms with Gasteiger partial charge in [0, 0.05) is 0 Å². The molecule has 0 saturated heterocycles. The van der Waals surface area contributed by atoms with Gasteiger partial charge in [0.1, 0.15) is 0 Å². The second-order valence-electron chi connectivity index (χ2n) is 6.31. The monoisotopic (exact) mass is 407 g/mol. The summed E-state index contributed by atoms with van der Waals surface area (Å²) in [5, 5.41) is 15.0. The van der Waals surface area contributed by atoms with Crippen LogP contribution in [-0.2, 0) is 6.42 Å². The number of aryl methyl sites for hydroxylation is 2. The fourth-order valence-electron chi connectivity index (χ4n) is 2.92. The molecule has 2 aromatic carbocycles. The number of allylic oxidation sites excluding steroid dienone is 1. The first-order chi connectivity index (χ1) is 13.7. The molecular weight excluding hydrogens is 390 g/mol. The fourth-order valence-corrected chi connectivity index (χ4v) is 3.98. The Kier molecular flexibility index (Phi) is 5.60. The first kappa shape index (κ1) is 18.5. The van der Waals surface area contributed by atoms with E-state index in [4.69, 9.17) is 11.6 Å². The van der Waals surface area contributed by atoms with Gasteiger partial charge >= 0.3 is 0 Å². The van der Waals surface area contributed by atoms with Gasteiger partial charge < -0.3 is 0 Å². The van der Waals surface area contributed by atoms with Crippen LogP contribution in [0.1, 0.15) is 23.2 Å². The molecule has 1 heterocycles. The summed E-state index contributed by atoms with van der Waals surface area (Å²) < 4.78 is 0. The maximum Gasteiger partial charge on any atom is 0.205 e.